The number of rotatable bonds is 2. The molecular formula is C20H25F3N2O2. The van der Waals surface area contributed by atoms with Gasteiger partial charge in [-0.2, -0.15) is 13.2 Å². The van der Waals surface area contributed by atoms with Gasteiger partial charge in [0.05, 0.1) is 18.2 Å². The van der Waals surface area contributed by atoms with Gasteiger partial charge in [0.15, 0.2) is 0 Å². The lowest BCUT2D eigenvalue weighted by molar-refractivity contribution is -0.181. The van der Waals surface area contributed by atoms with Crippen LogP contribution in [-0.4, -0.2) is 42.3 Å². The van der Waals surface area contributed by atoms with Crippen LogP contribution >= 0.6 is 0 Å². The number of carbonyl (C=O) groups excluding carboxylic acids is 1. The van der Waals surface area contributed by atoms with E-state index in [1.807, 2.05) is 4.90 Å². The highest BCUT2D eigenvalue weighted by atomic mass is 19.4. The fraction of sp³-hybridized carbons (Fsp3) is 0.650. The summed E-state index contributed by atoms with van der Waals surface area (Å²) in [6, 6.07) is 5.46. The smallest absolute Gasteiger partial charge is 0.371 e. The molecule has 3 aliphatic heterocycles. The quantitative estimate of drug-likeness (QED) is 0.778. The van der Waals surface area contributed by atoms with Gasteiger partial charge < -0.3 is 14.5 Å². The van der Waals surface area contributed by atoms with Crippen molar-refractivity contribution in [2.45, 2.75) is 51.1 Å². The van der Waals surface area contributed by atoms with Crippen molar-refractivity contribution < 1.29 is 22.7 Å². The first-order valence-corrected chi connectivity index (χ1v) is 9.61. The van der Waals surface area contributed by atoms with Crippen LogP contribution in [0.3, 0.4) is 0 Å². The Morgan fingerprint density at radius 1 is 1.22 bits per heavy atom. The third kappa shape index (κ3) is 3.00. The van der Waals surface area contributed by atoms with Crippen molar-refractivity contribution in [3.63, 3.8) is 0 Å². The van der Waals surface area contributed by atoms with Crippen molar-refractivity contribution in [1.82, 2.24) is 4.90 Å². The Morgan fingerprint density at radius 3 is 2.56 bits per heavy atom. The molecule has 4 nitrogen and oxygen atoms in total. The number of nitrogens with zero attached hydrogens (tertiary/aromatic N) is 2. The molecule has 0 bridgehead atoms. The number of ether oxygens (including phenoxy) is 1. The van der Waals surface area contributed by atoms with Crippen LogP contribution in [0, 0.1) is 11.8 Å². The average Bonchev–Trinajstić information content (AvgIpc) is 3.02. The first kappa shape index (κ1) is 18.6. The number of carbonyl (C=O) groups is 1. The van der Waals surface area contributed by atoms with Crippen LogP contribution < -0.4 is 4.90 Å². The van der Waals surface area contributed by atoms with Crippen LogP contribution in [0.2, 0.25) is 0 Å². The molecule has 0 aromatic heterocycles. The predicted octanol–water partition coefficient (Wildman–Crippen LogP) is 3.91. The Kier molecular flexibility index (Phi) is 4.41. The summed E-state index contributed by atoms with van der Waals surface area (Å²) in [5, 5.41) is 0. The monoisotopic (exact) mass is 382 g/mol. The van der Waals surface area contributed by atoms with Gasteiger partial charge in [0, 0.05) is 37.5 Å². The topological polar surface area (TPSA) is 32.8 Å². The van der Waals surface area contributed by atoms with Crippen molar-refractivity contribution in [3.8, 4) is 0 Å². The van der Waals surface area contributed by atoms with E-state index in [1.54, 1.807) is 12.1 Å². The molecule has 148 valence electrons. The van der Waals surface area contributed by atoms with Crippen LogP contribution in [0.5, 0.6) is 0 Å². The highest BCUT2D eigenvalue weighted by Gasteiger charge is 2.59. The molecule has 0 aliphatic carbocycles. The minimum Gasteiger partial charge on any atom is -0.371 e. The van der Waals surface area contributed by atoms with Gasteiger partial charge in [-0.3, -0.25) is 4.79 Å². The van der Waals surface area contributed by atoms with Crippen molar-refractivity contribution in [3.05, 3.63) is 29.8 Å². The standard InChI is InChI=1S/C20H25F3N2O2/c1-13(2)17-12-27-19-9-10-24(11-15(19)5-8-18(26)25(17)19)16-6-3-14(4-7-16)20(21,22)23/h3-4,6-7,13,15,17H,5,8-12H2,1-2H3/t15-,17-,19-/m1/s1. The highest BCUT2D eigenvalue weighted by Crippen LogP contribution is 2.48. The van der Waals surface area contributed by atoms with Crippen molar-refractivity contribution in [2.75, 3.05) is 24.6 Å². The van der Waals surface area contributed by atoms with Gasteiger partial charge in [0.25, 0.3) is 0 Å². The molecule has 0 N–H and O–H groups in total. The summed E-state index contributed by atoms with van der Waals surface area (Å²) in [5.74, 6) is 0.681. The molecule has 7 heteroatoms. The summed E-state index contributed by atoms with van der Waals surface area (Å²) in [4.78, 5) is 16.8. The van der Waals surface area contributed by atoms with Crippen LogP contribution in [-0.2, 0) is 15.7 Å². The Hall–Kier alpha value is -1.76. The molecule has 0 saturated carbocycles. The van der Waals surface area contributed by atoms with E-state index in [0.717, 1.165) is 24.2 Å². The lowest BCUT2D eigenvalue weighted by Gasteiger charge is -2.53. The van der Waals surface area contributed by atoms with Gasteiger partial charge in [-0.15, -0.1) is 0 Å². The third-order valence-corrected chi connectivity index (χ3v) is 6.37. The molecule has 1 spiro atoms. The third-order valence-electron chi connectivity index (χ3n) is 6.37. The number of amides is 1. The molecule has 1 amide bonds. The molecule has 3 saturated heterocycles. The predicted molar refractivity (Wildman–Crippen MR) is 95.2 cm³/mol. The first-order valence-electron chi connectivity index (χ1n) is 9.61. The number of halogens is 3. The maximum Gasteiger partial charge on any atom is 0.416 e. The molecule has 0 unspecified atom stereocenters. The van der Waals surface area contributed by atoms with Gasteiger partial charge in [-0.25, -0.2) is 0 Å². The summed E-state index contributed by atoms with van der Waals surface area (Å²) in [7, 11) is 0. The van der Waals surface area contributed by atoms with Gasteiger partial charge in [0.2, 0.25) is 5.91 Å². The maximum atomic E-state index is 12.8. The summed E-state index contributed by atoms with van der Waals surface area (Å²) in [6.45, 7) is 6.15. The molecule has 27 heavy (non-hydrogen) atoms. The lowest BCUT2D eigenvalue weighted by Crippen LogP contribution is -2.65. The zero-order valence-corrected chi connectivity index (χ0v) is 15.6. The van der Waals surface area contributed by atoms with E-state index in [9.17, 15) is 18.0 Å². The fourth-order valence-corrected chi connectivity index (χ4v) is 4.88. The number of anilines is 1. The Balaban J connectivity index is 1.55. The Labute approximate surface area is 157 Å². The van der Waals surface area contributed by atoms with E-state index in [-0.39, 0.29) is 17.9 Å². The fourth-order valence-electron chi connectivity index (χ4n) is 4.88. The van der Waals surface area contributed by atoms with Crippen molar-refractivity contribution in [2.24, 2.45) is 11.8 Å². The molecule has 1 aromatic rings. The van der Waals surface area contributed by atoms with E-state index in [0.29, 0.717) is 38.5 Å². The summed E-state index contributed by atoms with van der Waals surface area (Å²) < 4.78 is 44.7. The average molecular weight is 382 g/mol. The second kappa shape index (κ2) is 6.40. The maximum absolute atomic E-state index is 12.8. The molecule has 3 aliphatic rings. The lowest BCUT2D eigenvalue weighted by atomic mass is 9.79. The zero-order chi connectivity index (χ0) is 19.4. The molecular weight excluding hydrogens is 357 g/mol. The van der Waals surface area contributed by atoms with E-state index in [2.05, 4.69) is 18.7 Å². The number of hydrogen-bond acceptors (Lipinski definition) is 3. The number of alkyl halides is 3. The highest BCUT2D eigenvalue weighted by molar-refractivity contribution is 5.79. The summed E-state index contributed by atoms with van der Waals surface area (Å²) in [6.07, 6.45) is -2.36. The normalized spacial score (nSPS) is 31.3. The second-order valence-corrected chi connectivity index (χ2v) is 8.21. The summed E-state index contributed by atoms with van der Waals surface area (Å²) in [5.41, 5.74) is -0.375. The SMILES string of the molecule is CC(C)[C@H]1CO[C@]23CCN(c4ccc(C(F)(F)F)cc4)C[C@H]2CCC(=O)N13. The Morgan fingerprint density at radius 2 is 1.93 bits per heavy atom. The molecule has 3 heterocycles. The summed E-state index contributed by atoms with van der Waals surface area (Å²) >= 11 is 0. The minimum absolute atomic E-state index is 0.109. The van der Waals surface area contributed by atoms with Crippen molar-refractivity contribution >= 4 is 11.6 Å². The van der Waals surface area contributed by atoms with E-state index in [4.69, 9.17) is 4.74 Å². The van der Waals surface area contributed by atoms with E-state index in [1.165, 1.54) is 0 Å². The van der Waals surface area contributed by atoms with Gasteiger partial charge in [-0.1, -0.05) is 13.8 Å². The molecule has 1 aromatic carbocycles. The second-order valence-electron chi connectivity index (χ2n) is 8.21. The number of piperidine rings is 2. The molecule has 3 fully saturated rings. The Bertz CT molecular complexity index is 719. The van der Waals surface area contributed by atoms with Gasteiger partial charge in [0.1, 0.15) is 5.72 Å². The van der Waals surface area contributed by atoms with E-state index >= 15 is 0 Å². The van der Waals surface area contributed by atoms with Crippen molar-refractivity contribution in [1.29, 1.82) is 0 Å². The van der Waals surface area contributed by atoms with Crippen LogP contribution in [0.4, 0.5) is 18.9 Å². The van der Waals surface area contributed by atoms with Crippen LogP contribution in [0.15, 0.2) is 24.3 Å². The molecule has 4 rings (SSSR count). The largest absolute Gasteiger partial charge is 0.416 e. The molecule has 0 radical (unpaired) electrons. The van der Waals surface area contributed by atoms with Crippen LogP contribution in [0.25, 0.3) is 0 Å². The van der Waals surface area contributed by atoms with Gasteiger partial charge >= 0.3 is 6.18 Å². The first-order chi connectivity index (χ1) is 12.7. The van der Waals surface area contributed by atoms with Gasteiger partial charge in [-0.05, 0) is 36.6 Å². The van der Waals surface area contributed by atoms with Crippen LogP contribution in [0.1, 0.15) is 38.7 Å². The number of hydrogen-bond donors (Lipinski definition) is 0. The molecule has 3 atom stereocenters. The van der Waals surface area contributed by atoms with E-state index < -0.39 is 17.5 Å². The number of benzene rings is 1. The minimum atomic E-state index is -4.32. The zero-order valence-electron chi connectivity index (χ0n) is 15.6.